The lowest BCUT2D eigenvalue weighted by Gasteiger charge is -2.38. The van der Waals surface area contributed by atoms with Gasteiger partial charge >= 0.3 is 0 Å². The molecule has 7 rings (SSSR count). The summed E-state index contributed by atoms with van der Waals surface area (Å²) in [5.74, 6) is 1.85. The Hall–Kier alpha value is -6.40. The van der Waals surface area contributed by atoms with Gasteiger partial charge in [0.1, 0.15) is 36.9 Å². The van der Waals surface area contributed by atoms with E-state index in [1.807, 2.05) is 180 Å². The van der Waals surface area contributed by atoms with E-state index in [1.54, 1.807) is 0 Å². The fourth-order valence-corrected chi connectivity index (χ4v) is 7.27. The topological polar surface area (TPSA) is 102 Å². The summed E-state index contributed by atoms with van der Waals surface area (Å²) < 4.78 is 12.2. The number of rotatable bonds is 14. The molecule has 6 aromatic carbocycles. The minimum absolute atomic E-state index is 0.321. The molecule has 1 saturated heterocycles. The normalized spacial score (nSPS) is 18.1. The van der Waals surface area contributed by atoms with Crippen LogP contribution in [0.1, 0.15) is 33.4 Å². The monoisotopic (exact) mass is 742 g/mol. The predicted octanol–water partition coefficient (Wildman–Crippen LogP) is 7.94. The summed E-state index contributed by atoms with van der Waals surface area (Å²) in [6, 6.07) is 54.4. The Morgan fingerprint density at radius 1 is 0.464 bits per heavy atom. The molecule has 0 saturated carbocycles. The van der Waals surface area contributed by atoms with Gasteiger partial charge in [0.15, 0.2) is 0 Å². The number of nitrogens with zero attached hydrogens (tertiary/aromatic N) is 4. The van der Waals surface area contributed by atoms with Gasteiger partial charge in [0.05, 0.1) is 12.1 Å². The molecule has 282 valence electrons. The fraction of sp³-hybridized carbons (Fsp3) is 0.208. The third kappa shape index (κ3) is 9.82. The highest BCUT2D eigenvalue weighted by molar-refractivity contribution is 5.82. The highest BCUT2D eigenvalue weighted by Crippen LogP contribution is 2.31. The molecule has 0 unspecified atom stereocenters. The Morgan fingerprint density at radius 3 is 1.14 bits per heavy atom. The number of aliphatic hydroxyl groups is 2. The third-order valence-corrected chi connectivity index (χ3v) is 10.2. The minimum atomic E-state index is -1.18. The van der Waals surface area contributed by atoms with E-state index in [9.17, 15) is 15.5 Å². The van der Waals surface area contributed by atoms with Gasteiger partial charge in [-0.15, -0.1) is 4.99 Å². The second-order valence-electron chi connectivity index (χ2n) is 14.1. The highest BCUT2D eigenvalue weighted by atomic mass is 16.5. The van der Waals surface area contributed by atoms with Gasteiger partial charge in [0.2, 0.25) is 12.2 Å². The number of guanidine groups is 1. The summed E-state index contributed by atoms with van der Waals surface area (Å²) in [4.78, 5) is 8.50. The SMILES string of the molecule is N#CN=C1N(Cc2ccc(OCc3ccccc3)cc2)[C@H](Cc2ccccc2)[C@H](O)[C@@H](O)[C@@H](Cc2ccccc2)N1Cc1ccc(OCc2ccccc2)cc1. The van der Waals surface area contributed by atoms with Crippen LogP contribution in [-0.2, 0) is 39.1 Å². The Balaban J connectivity index is 1.23. The van der Waals surface area contributed by atoms with Crippen molar-refractivity contribution >= 4 is 5.96 Å². The number of nitriles is 1. The quantitative estimate of drug-likeness (QED) is 0.109. The summed E-state index contributed by atoms with van der Waals surface area (Å²) in [7, 11) is 0. The van der Waals surface area contributed by atoms with Gasteiger partial charge < -0.3 is 29.5 Å². The summed E-state index contributed by atoms with van der Waals surface area (Å²) in [5, 5.41) is 34.8. The van der Waals surface area contributed by atoms with Gasteiger partial charge in [-0.05, 0) is 70.5 Å². The largest absolute Gasteiger partial charge is 0.489 e. The molecule has 8 heteroatoms. The molecule has 0 aromatic heterocycles. The molecule has 56 heavy (non-hydrogen) atoms. The summed E-state index contributed by atoms with van der Waals surface area (Å²) in [6.07, 6.45) is 0.554. The van der Waals surface area contributed by atoms with Crippen molar-refractivity contribution in [3.63, 3.8) is 0 Å². The Kier molecular flexibility index (Phi) is 12.7. The number of aliphatic hydroxyl groups excluding tert-OH is 2. The van der Waals surface area contributed by atoms with E-state index in [1.165, 1.54) is 0 Å². The van der Waals surface area contributed by atoms with Crippen molar-refractivity contribution in [2.45, 2.75) is 63.4 Å². The number of hydrogen-bond acceptors (Lipinski definition) is 6. The average molecular weight is 743 g/mol. The van der Waals surface area contributed by atoms with Crippen LogP contribution in [0.3, 0.4) is 0 Å². The molecule has 0 spiro atoms. The lowest BCUT2D eigenvalue weighted by molar-refractivity contribution is -0.0408. The van der Waals surface area contributed by atoms with Crippen LogP contribution in [-0.4, -0.2) is 50.3 Å². The van der Waals surface area contributed by atoms with Crippen molar-refractivity contribution < 1.29 is 19.7 Å². The minimum Gasteiger partial charge on any atom is -0.489 e. The summed E-state index contributed by atoms with van der Waals surface area (Å²) in [5.41, 5.74) is 6.01. The predicted molar refractivity (Wildman–Crippen MR) is 218 cm³/mol. The Bertz CT molecular complexity index is 2010. The molecule has 0 aliphatic carbocycles. The zero-order chi connectivity index (χ0) is 38.5. The number of benzene rings is 6. The molecule has 1 fully saturated rings. The van der Waals surface area contributed by atoms with Crippen LogP contribution < -0.4 is 9.47 Å². The van der Waals surface area contributed by atoms with E-state index >= 15 is 0 Å². The molecule has 1 aliphatic rings. The second-order valence-corrected chi connectivity index (χ2v) is 14.1. The van der Waals surface area contributed by atoms with E-state index < -0.39 is 24.3 Å². The summed E-state index contributed by atoms with van der Waals surface area (Å²) >= 11 is 0. The number of ether oxygens (including phenoxy) is 2. The molecule has 1 aliphatic heterocycles. The van der Waals surface area contributed by atoms with Gasteiger partial charge in [-0.1, -0.05) is 146 Å². The van der Waals surface area contributed by atoms with E-state index in [-0.39, 0.29) is 0 Å². The third-order valence-electron chi connectivity index (χ3n) is 10.2. The zero-order valence-corrected chi connectivity index (χ0v) is 31.2. The van der Waals surface area contributed by atoms with Crippen LogP contribution in [0.25, 0.3) is 0 Å². The van der Waals surface area contributed by atoms with Gasteiger partial charge in [-0.25, -0.2) is 0 Å². The molecule has 8 nitrogen and oxygen atoms in total. The van der Waals surface area contributed by atoms with Crippen molar-refractivity contribution in [1.82, 2.24) is 9.80 Å². The number of aliphatic imine (C=N–C) groups is 1. The molecular formula is C48H46N4O4. The Labute approximate surface area is 329 Å². The van der Waals surface area contributed by atoms with Gasteiger partial charge in [0, 0.05) is 13.1 Å². The molecule has 0 amide bonds. The van der Waals surface area contributed by atoms with Crippen LogP contribution in [0, 0.1) is 11.5 Å². The molecular weight excluding hydrogens is 697 g/mol. The van der Waals surface area contributed by atoms with Crippen LogP contribution >= 0.6 is 0 Å². The maximum atomic E-state index is 12.3. The molecule has 4 atom stereocenters. The van der Waals surface area contributed by atoms with E-state index in [0.717, 1.165) is 44.9 Å². The first-order valence-corrected chi connectivity index (χ1v) is 19.0. The zero-order valence-electron chi connectivity index (χ0n) is 31.2. The van der Waals surface area contributed by atoms with Crippen LogP contribution in [0.5, 0.6) is 11.5 Å². The van der Waals surface area contributed by atoms with Crippen molar-refractivity contribution in [2.24, 2.45) is 4.99 Å². The van der Waals surface area contributed by atoms with Crippen LogP contribution in [0.4, 0.5) is 0 Å². The van der Waals surface area contributed by atoms with Crippen molar-refractivity contribution in [2.75, 3.05) is 0 Å². The molecule has 0 bridgehead atoms. The van der Waals surface area contributed by atoms with Crippen LogP contribution in [0.15, 0.2) is 175 Å². The first-order valence-electron chi connectivity index (χ1n) is 19.0. The smallest absolute Gasteiger partial charge is 0.213 e. The molecule has 1 heterocycles. The van der Waals surface area contributed by atoms with Crippen molar-refractivity contribution in [3.05, 3.63) is 203 Å². The molecule has 0 radical (unpaired) electrons. The van der Waals surface area contributed by atoms with Crippen molar-refractivity contribution in [3.8, 4) is 17.7 Å². The number of hydrogen-bond donors (Lipinski definition) is 2. The standard InChI is InChI=1S/C48H46N4O4/c49-35-50-48-51(31-38-21-25-42(26-22-38)55-33-40-17-9-3-10-18-40)44(29-36-13-5-1-6-14-36)46(53)47(54)45(30-37-15-7-2-8-16-37)52(48)32-39-23-27-43(28-24-39)56-34-41-19-11-4-12-20-41/h1-28,44-47,53-54H,29-34H2/t44-,45-,46+,47+/m1/s1. The van der Waals surface area contributed by atoms with E-state index in [0.29, 0.717) is 45.1 Å². The first kappa shape index (κ1) is 37.9. The summed E-state index contributed by atoms with van der Waals surface area (Å²) in [6.45, 7) is 1.54. The molecule has 2 N–H and O–H groups in total. The second kappa shape index (κ2) is 18.8. The fourth-order valence-electron chi connectivity index (χ4n) is 7.27. The van der Waals surface area contributed by atoms with Crippen molar-refractivity contribution in [1.29, 1.82) is 5.26 Å². The van der Waals surface area contributed by atoms with E-state index in [4.69, 9.17) is 9.47 Å². The maximum absolute atomic E-state index is 12.3. The first-order chi connectivity index (χ1) is 27.5. The van der Waals surface area contributed by atoms with Gasteiger partial charge in [-0.3, -0.25) is 0 Å². The lowest BCUT2D eigenvalue weighted by Crippen LogP contribution is -2.51. The Morgan fingerprint density at radius 2 is 0.804 bits per heavy atom. The van der Waals surface area contributed by atoms with Gasteiger partial charge in [0.25, 0.3) is 0 Å². The molecule has 6 aromatic rings. The van der Waals surface area contributed by atoms with Gasteiger partial charge in [-0.2, -0.15) is 5.26 Å². The average Bonchev–Trinajstić information content (AvgIpc) is 3.31. The van der Waals surface area contributed by atoms with E-state index in [2.05, 4.69) is 11.2 Å². The van der Waals surface area contributed by atoms with Crippen LogP contribution in [0.2, 0.25) is 0 Å². The lowest BCUT2D eigenvalue weighted by atomic mass is 9.91. The maximum Gasteiger partial charge on any atom is 0.213 e. The highest BCUT2D eigenvalue weighted by Gasteiger charge is 2.45.